The van der Waals surface area contributed by atoms with Crippen molar-refractivity contribution in [2.75, 3.05) is 13.2 Å². The summed E-state index contributed by atoms with van der Waals surface area (Å²) >= 11 is 0. The van der Waals surface area contributed by atoms with Crippen LogP contribution in [0.2, 0.25) is 0 Å². The Morgan fingerprint density at radius 2 is 1.68 bits per heavy atom. The lowest BCUT2D eigenvalue weighted by atomic mass is 10.00. The first-order chi connectivity index (χ1) is 16.2. The third-order valence-electron chi connectivity index (χ3n) is 5.35. The van der Waals surface area contributed by atoms with Crippen molar-refractivity contribution in [1.82, 2.24) is 0 Å². The van der Waals surface area contributed by atoms with Crippen LogP contribution in [0.25, 0.3) is 0 Å². The molecule has 0 saturated carbocycles. The number of benzene rings is 2. The van der Waals surface area contributed by atoms with Crippen molar-refractivity contribution in [1.29, 1.82) is 0 Å². The first-order valence-corrected chi connectivity index (χ1v) is 11.1. The lowest BCUT2D eigenvalue weighted by molar-refractivity contribution is -0.0635. The number of hydrogen-bond acceptors (Lipinski definition) is 8. The topological polar surface area (TPSA) is 129 Å². The van der Waals surface area contributed by atoms with Crippen LogP contribution in [0, 0.1) is 0 Å². The summed E-state index contributed by atoms with van der Waals surface area (Å²) in [4.78, 5) is 34.2. The maximum Gasteiger partial charge on any atom is 0.508 e. The van der Waals surface area contributed by atoms with Crippen LogP contribution in [0.3, 0.4) is 0 Å². The molecule has 3 rings (SSSR count). The van der Waals surface area contributed by atoms with Gasteiger partial charge in [-0.1, -0.05) is 0 Å². The molecule has 1 atom stereocenters. The molecule has 34 heavy (non-hydrogen) atoms. The van der Waals surface area contributed by atoms with Gasteiger partial charge < -0.3 is 29.2 Å². The van der Waals surface area contributed by atoms with Crippen LogP contribution in [0.4, 0.5) is 4.79 Å². The highest BCUT2D eigenvalue weighted by molar-refractivity contribution is 5.97. The van der Waals surface area contributed by atoms with Crippen molar-refractivity contribution >= 4 is 17.7 Å². The average Bonchev–Trinajstić information content (AvgIpc) is 2.77. The van der Waals surface area contributed by atoms with Crippen molar-refractivity contribution < 1.29 is 43.5 Å². The second-order valence-electron chi connectivity index (χ2n) is 7.97. The lowest BCUT2D eigenvalue weighted by Gasteiger charge is -2.26. The van der Waals surface area contributed by atoms with Gasteiger partial charge in [-0.3, -0.25) is 9.59 Å². The van der Waals surface area contributed by atoms with Gasteiger partial charge in [-0.25, -0.2) is 4.79 Å². The molecule has 0 radical (unpaired) electrons. The number of Topliss-reactive ketones (excluding diaryl/α,β-unsaturated/α-hetero) is 2. The minimum atomic E-state index is -1.40. The number of aromatic hydroxyl groups is 1. The molecule has 9 nitrogen and oxygen atoms in total. The van der Waals surface area contributed by atoms with E-state index in [-0.39, 0.29) is 22.9 Å². The molecule has 0 amide bonds. The molecule has 0 fully saturated rings. The zero-order valence-electron chi connectivity index (χ0n) is 19.2. The number of unbranched alkanes of at least 4 members (excludes halogenated alkanes) is 2. The number of ketones is 2. The van der Waals surface area contributed by atoms with Crippen LogP contribution in [0.15, 0.2) is 30.3 Å². The van der Waals surface area contributed by atoms with E-state index in [4.69, 9.17) is 24.1 Å². The fourth-order valence-corrected chi connectivity index (χ4v) is 3.63. The fourth-order valence-electron chi connectivity index (χ4n) is 3.63. The van der Waals surface area contributed by atoms with E-state index in [9.17, 15) is 19.5 Å². The Kier molecular flexibility index (Phi) is 8.34. The standard InChI is InChI=1S/C25H28O9/c1-15(26)19-8-7-18(13-21(19)28)31-10-4-3-5-11-32-23-14-22-17(12-20(23)16(2)27)6-9-24(33-22)34-25(29)30/h7-8,12-14,24,28H,3-6,9-11H2,1-2H3,(H,29,30). The summed E-state index contributed by atoms with van der Waals surface area (Å²) in [6.07, 6.45) is 0.893. The molecule has 1 aliphatic heterocycles. The third-order valence-corrected chi connectivity index (χ3v) is 5.35. The van der Waals surface area contributed by atoms with Crippen LogP contribution >= 0.6 is 0 Å². The lowest BCUT2D eigenvalue weighted by Crippen LogP contribution is -2.28. The van der Waals surface area contributed by atoms with Gasteiger partial charge in [-0.2, -0.15) is 0 Å². The van der Waals surface area contributed by atoms with Crippen LogP contribution in [0.1, 0.15) is 65.8 Å². The zero-order chi connectivity index (χ0) is 24.7. The quantitative estimate of drug-likeness (QED) is 0.270. The van der Waals surface area contributed by atoms with Crippen molar-refractivity contribution in [2.45, 2.75) is 52.2 Å². The fraction of sp³-hybridized carbons (Fsp3) is 0.400. The van der Waals surface area contributed by atoms with Gasteiger partial charge in [0.25, 0.3) is 0 Å². The van der Waals surface area contributed by atoms with E-state index in [2.05, 4.69) is 0 Å². The summed E-state index contributed by atoms with van der Waals surface area (Å²) in [6, 6.07) is 7.94. The molecule has 2 N–H and O–H groups in total. The van der Waals surface area contributed by atoms with Crippen molar-refractivity contribution in [3.63, 3.8) is 0 Å². The smallest absolute Gasteiger partial charge is 0.507 e. The highest BCUT2D eigenvalue weighted by Crippen LogP contribution is 2.35. The molecule has 0 spiro atoms. The predicted molar refractivity (Wildman–Crippen MR) is 121 cm³/mol. The normalized spacial score (nSPS) is 14.5. The molecule has 2 aromatic rings. The van der Waals surface area contributed by atoms with Crippen molar-refractivity contribution in [2.24, 2.45) is 0 Å². The number of carboxylic acid groups (broad SMARTS) is 1. The number of carbonyl (C=O) groups is 3. The summed E-state index contributed by atoms with van der Waals surface area (Å²) in [5.74, 6) is 0.883. The second kappa shape index (κ2) is 11.4. The summed E-state index contributed by atoms with van der Waals surface area (Å²) in [7, 11) is 0. The van der Waals surface area contributed by atoms with Gasteiger partial charge >= 0.3 is 6.16 Å². The molecule has 182 valence electrons. The Morgan fingerprint density at radius 1 is 0.971 bits per heavy atom. The van der Waals surface area contributed by atoms with Gasteiger partial charge in [0.1, 0.15) is 23.0 Å². The number of rotatable bonds is 11. The van der Waals surface area contributed by atoms with Crippen LogP contribution in [0.5, 0.6) is 23.0 Å². The Balaban J connectivity index is 1.47. The van der Waals surface area contributed by atoms with Gasteiger partial charge in [0.05, 0.1) is 24.3 Å². The van der Waals surface area contributed by atoms with E-state index in [0.717, 1.165) is 24.8 Å². The monoisotopic (exact) mass is 472 g/mol. The first-order valence-electron chi connectivity index (χ1n) is 11.1. The van der Waals surface area contributed by atoms with E-state index in [0.29, 0.717) is 48.9 Å². The molecule has 1 aliphatic rings. The molecule has 1 heterocycles. The molecular formula is C25H28O9. The largest absolute Gasteiger partial charge is 0.508 e. The van der Waals surface area contributed by atoms with Crippen molar-refractivity contribution in [3.8, 4) is 23.0 Å². The molecule has 9 heteroatoms. The summed E-state index contributed by atoms with van der Waals surface area (Å²) < 4.78 is 21.7. The highest BCUT2D eigenvalue weighted by Gasteiger charge is 2.25. The van der Waals surface area contributed by atoms with E-state index >= 15 is 0 Å². The van der Waals surface area contributed by atoms with E-state index in [1.54, 1.807) is 18.2 Å². The molecule has 0 aliphatic carbocycles. The number of phenols is 1. The first kappa shape index (κ1) is 24.9. The number of aryl methyl sites for hydroxylation is 1. The Morgan fingerprint density at radius 3 is 2.32 bits per heavy atom. The van der Waals surface area contributed by atoms with Gasteiger partial charge in [0.15, 0.2) is 11.6 Å². The molecule has 0 aromatic heterocycles. The van der Waals surface area contributed by atoms with Crippen LogP contribution < -0.4 is 14.2 Å². The summed E-state index contributed by atoms with van der Waals surface area (Å²) in [6.45, 7) is 3.67. The van der Waals surface area contributed by atoms with Gasteiger partial charge in [0.2, 0.25) is 6.29 Å². The summed E-state index contributed by atoms with van der Waals surface area (Å²) in [5, 5.41) is 18.6. The van der Waals surface area contributed by atoms with Crippen LogP contribution in [-0.2, 0) is 11.2 Å². The van der Waals surface area contributed by atoms with Gasteiger partial charge in [0, 0.05) is 18.6 Å². The molecular weight excluding hydrogens is 444 g/mol. The minimum Gasteiger partial charge on any atom is -0.507 e. The van der Waals surface area contributed by atoms with Gasteiger partial charge in [-0.15, -0.1) is 0 Å². The Hall–Kier alpha value is -3.75. The molecule has 1 unspecified atom stereocenters. The van der Waals surface area contributed by atoms with E-state index < -0.39 is 12.4 Å². The molecule has 0 bridgehead atoms. The molecule has 0 saturated heterocycles. The number of phenolic OH excluding ortho intramolecular Hbond substituents is 1. The predicted octanol–water partition coefficient (Wildman–Crippen LogP) is 4.77. The maximum absolute atomic E-state index is 12.1. The number of carbonyl (C=O) groups excluding carboxylic acids is 2. The number of hydrogen-bond donors (Lipinski definition) is 2. The zero-order valence-corrected chi connectivity index (χ0v) is 19.2. The second-order valence-corrected chi connectivity index (χ2v) is 7.97. The van der Waals surface area contributed by atoms with Crippen molar-refractivity contribution in [3.05, 3.63) is 47.0 Å². The molecule has 2 aromatic carbocycles. The maximum atomic E-state index is 12.1. The third kappa shape index (κ3) is 6.63. The van der Waals surface area contributed by atoms with E-state index in [1.165, 1.54) is 26.0 Å². The van der Waals surface area contributed by atoms with E-state index in [1.807, 2.05) is 0 Å². The average molecular weight is 472 g/mol. The number of fused-ring (bicyclic) bond motifs is 1. The Bertz CT molecular complexity index is 1060. The summed E-state index contributed by atoms with van der Waals surface area (Å²) in [5.41, 5.74) is 1.52. The minimum absolute atomic E-state index is 0.102. The van der Waals surface area contributed by atoms with Gasteiger partial charge in [-0.05, 0) is 63.3 Å². The number of ether oxygens (including phenoxy) is 4. The van der Waals surface area contributed by atoms with Crippen LogP contribution in [-0.4, -0.2) is 47.4 Å². The highest BCUT2D eigenvalue weighted by atomic mass is 16.8. The Labute approximate surface area is 197 Å². The SMILES string of the molecule is CC(=O)c1ccc(OCCCCCOc2cc3c(cc2C(C)=O)CCC(OC(=O)O)O3)cc1O.